The summed E-state index contributed by atoms with van der Waals surface area (Å²) in [6.45, 7) is 11.7. The average molecular weight is 382 g/mol. The standard InChI is InChI=1S/C22H31N5O/c1-5-26(6-2)19-7-8-20(17(3)15-19)24-18-9-10-23-21(16-18)22(28)27-13-11-25(4)12-14-27/h7-10,15-16H,5-6,11-14H2,1-4H3,(H,23,24). The molecule has 2 aromatic rings. The molecule has 1 aromatic carbocycles. The first-order valence-electron chi connectivity index (χ1n) is 10.1. The van der Waals surface area contributed by atoms with Gasteiger partial charge in [0.15, 0.2) is 0 Å². The van der Waals surface area contributed by atoms with E-state index < -0.39 is 0 Å². The van der Waals surface area contributed by atoms with Gasteiger partial charge in [0.25, 0.3) is 5.91 Å². The molecule has 0 spiro atoms. The lowest BCUT2D eigenvalue weighted by Gasteiger charge is -2.32. The van der Waals surface area contributed by atoms with Crippen molar-refractivity contribution in [1.82, 2.24) is 14.8 Å². The normalized spacial score (nSPS) is 14.8. The number of likely N-dealkylation sites (N-methyl/N-ethyl adjacent to an activating group) is 1. The highest BCUT2D eigenvalue weighted by Gasteiger charge is 2.21. The Labute approximate surface area is 168 Å². The van der Waals surface area contributed by atoms with E-state index in [9.17, 15) is 4.79 Å². The van der Waals surface area contributed by atoms with Gasteiger partial charge in [-0.2, -0.15) is 0 Å². The molecule has 1 amide bonds. The van der Waals surface area contributed by atoms with Crippen molar-refractivity contribution in [3.8, 4) is 0 Å². The number of carbonyl (C=O) groups excluding carboxylic acids is 1. The Morgan fingerprint density at radius 3 is 2.46 bits per heavy atom. The van der Waals surface area contributed by atoms with Gasteiger partial charge in [0.1, 0.15) is 5.69 Å². The lowest BCUT2D eigenvalue weighted by Crippen LogP contribution is -2.47. The van der Waals surface area contributed by atoms with Crippen molar-refractivity contribution in [2.24, 2.45) is 0 Å². The van der Waals surface area contributed by atoms with Gasteiger partial charge >= 0.3 is 0 Å². The van der Waals surface area contributed by atoms with Crippen molar-refractivity contribution in [3.63, 3.8) is 0 Å². The molecular formula is C22H31N5O. The minimum atomic E-state index is 0.00496. The van der Waals surface area contributed by atoms with Gasteiger partial charge in [-0.25, -0.2) is 0 Å². The van der Waals surface area contributed by atoms with E-state index in [1.165, 1.54) is 11.3 Å². The fraction of sp³-hybridized carbons (Fsp3) is 0.455. The molecule has 1 aliphatic rings. The molecule has 6 heteroatoms. The van der Waals surface area contributed by atoms with Crippen LogP contribution < -0.4 is 10.2 Å². The number of carbonyl (C=O) groups is 1. The number of anilines is 3. The summed E-state index contributed by atoms with van der Waals surface area (Å²) in [5, 5.41) is 3.44. The van der Waals surface area contributed by atoms with Crippen LogP contribution in [0.25, 0.3) is 0 Å². The number of pyridine rings is 1. The highest BCUT2D eigenvalue weighted by Crippen LogP contribution is 2.26. The van der Waals surface area contributed by atoms with Crippen molar-refractivity contribution in [1.29, 1.82) is 0 Å². The lowest BCUT2D eigenvalue weighted by molar-refractivity contribution is 0.0658. The molecule has 1 fully saturated rings. The van der Waals surface area contributed by atoms with E-state index in [4.69, 9.17) is 0 Å². The number of nitrogens with one attached hydrogen (secondary N) is 1. The first-order chi connectivity index (χ1) is 13.5. The summed E-state index contributed by atoms with van der Waals surface area (Å²) in [5.41, 5.74) is 4.82. The number of piperazine rings is 1. The summed E-state index contributed by atoms with van der Waals surface area (Å²) in [7, 11) is 2.08. The van der Waals surface area contributed by atoms with Crippen LogP contribution in [0.3, 0.4) is 0 Å². The van der Waals surface area contributed by atoms with Crippen LogP contribution in [-0.2, 0) is 0 Å². The molecule has 0 bridgehead atoms. The van der Waals surface area contributed by atoms with Gasteiger partial charge in [0, 0.05) is 62.5 Å². The van der Waals surface area contributed by atoms with E-state index in [0.717, 1.165) is 50.6 Å². The van der Waals surface area contributed by atoms with E-state index in [1.54, 1.807) is 6.20 Å². The fourth-order valence-electron chi connectivity index (χ4n) is 3.53. The molecule has 2 heterocycles. The summed E-state index contributed by atoms with van der Waals surface area (Å²) >= 11 is 0. The summed E-state index contributed by atoms with van der Waals surface area (Å²) in [6, 6.07) is 10.2. The molecule has 0 atom stereocenters. The van der Waals surface area contributed by atoms with Crippen LogP contribution in [0.5, 0.6) is 0 Å². The van der Waals surface area contributed by atoms with Crippen LogP contribution in [0.1, 0.15) is 29.9 Å². The number of aryl methyl sites for hydroxylation is 1. The fourth-order valence-corrected chi connectivity index (χ4v) is 3.53. The predicted octanol–water partition coefficient (Wildman–Crippen LogP) is 3.37. The number of hydrogen-bond donors (Lipinski definition) is 1. The third kappa shape index (κ3) is 4.62. The van der Waals surface area contributed by atoms with Gasteiger partial charge in [-0.15, -0.1) is 0 Å². The minimum absolute atomic E-state index is 0.00496. The second kappa shape index (κ2) is 9.06. The maximum atomic E-state index is 12.8. The molecule has 3 rings (SSSR count). The number of amides is 1. The SMILES string of the molecule is CCN(CC)c1ccc(Nc2ccnc(C(=O)N3CCN(C)CC3)c2)c(C)c1. The summed E-state index contributed by atoms with van der Waals surface area (Å²) < 4.78 is 0. The van der Waals surface area contributed by atoms with Crippen LogP contribution in [0.15, 0.2) is 36.5 Å². The quantitative estimate of drug-likeness (QED) is 0.831. The Hall–Kier alpha value is -2.60. The van der Waals surface area contributed by atoms with Gasteiger partial charge in [0.05, 0.1) is 0 Å². The van der Waals surface area contributed by atoms with E-state index in [1.807, 2.05) is 17.0 Å². The summed E-state index contributed by atoms with van der Waals surface area (Å²) in [6.07, 6.45) is 1.70. The van der Waals surface area contributed by atoms with Gasteiger partial charge in [-0.05, 0) is 63.7 Å². The third-order valence-electron chi connectivity index (χ3n) is 5.39. The Kier molecular flexibility index (Phi) is 6.52. The average Bonchev–Trinajstić information content (AvgIpc) is 2.71. The lowest BCUT2D eigenvalue weighted by atomic mass is 10.1. The molecule has 0 saturated carbocycles. The molecule has 1 N–H and O–H groups in total. The molecular weight excluding hydrogens is 350 g/mol. The molecule has 1 saturated heterocycles. The van der Waals surface area contributed by atoms with Crippen molar-refractivity contribution >= 4 is 23.0 Å². The second-order valence-corrected chi connectivity index (χ2v) is 7.32. The van der Waals surface area contributed by atoms with Crippen molar-refractivity contribution in [3.05, 3.63) is 47.8 Å². The van der Waals surface area contributed by atoms with Crippen molar-refractivity contribution in [2.45, 2.75) is 20.8 Å². The molecule has 150 valence electrons. The molecule has 28 heavy (non-hydrogen) atoms. The van der Waals surface area contributed by atoms with Gasteiger partial charge in [0.2, 0.25) is 0 Å². The number of aromatic nitrogens is 1. The molecule has 1 aliphatic heterocycles. The molecule has 6 nitrogen and oxygen atoms in total. The Balaban J connectivity index is 1.73. The highest BCUT2D eigenvalue weighted by molar-refractivity contribution is 5.93. The van der Waals surface area contributed by atoms with Crippen LogP contribution >= 0.6 is 0 Å². The molecule has 1 aromatic heterocycles. The maximum Gasteiger partial charge on any atom is 0.272 e. The minimum Gasteiger partial charge on any atom is -0.372 e. The zero-order chi connectivity index (χ0) is 20.1. The van der Waals surface area contributed by atoms with Gasteiger partial charge < -0.3 is 20.0 Å². The summed E-state index contributed by atoms with van der Waals surface area (Å²) in [4.78, 5) is 23.5. The maximum absolute atomic E-state index is 12.8. The number of benzene rings is 1. The topological polar surface area (TPSA) is 51.7 Å². The van der Waals surface area contributed by atoms with E-state index in [-0.39, 0.29) is 5.91 Å². The van der Waals surface area contributed by atoms with Crippen LogP contribution in [0.2, 0.25) is 0 Å². The second-order valence-electron chi connectivity index (χ2n) is 7.32. The van der Waals surface area contributed by atoms with Crippen LogP contribution in [-0.4, -0.2) is 67.0 Å². The number of hydrogen-bond acceptors (Lipinski definition) is 5. The predicted molar refractivity (Wildman–Crippen MR) is 116 cm³/mol. The zero-order valence-electron chi connectivity index (χ0n) is 17.4. The molecule has 0 aliphatic carbocycles. The first kappa shape index (κ1) is 20.1. The Morgan fingerprint density at radius 2 is 1.82 bits per heavy atom. The van der Waals surface area contributed by atoms with E-state index >= 15 is 0 Å². The number of rotatable bonds is 6. The molecule has 0 unspecified atom stereocenters. The Morgan fingerprint density at radius 1 is 1.11 bits per heavy atom. The largest absolute Gasteiger partial charge is 0.372 e. The highest BCUT2D eigenvalue weighted by atomic mass is 16.2. The number of nitrogens with zero attached hydrogens (tertiary/aromatic N) is 4. The van der Waals surface area contributed by atoms with E-state index in [0.29, 0.717) is 5.69 Å². The Bertz CT molecular complexity index is 810. The van der Waals surface area contributed by atoms with Crippen LogP contribution in [0, 0.1) is 6.92 Å². The third-order valence-corrected chi connectivity index (χ3v) is 5.39. The van der Waals surface area contributed by atoms with Crippen molar-refractivity contribution < 1.29 is 4.79 Å². The summed E-state index contributed by atoms with van der Waals surface area (Å²) in [5.74, 6) is 0.00496. The zero-order valence-corrected chi connectivity index (χ0v) is 17.4. The monoisotopic (exact) mass is 381 g/mol. The van der Waals surface area contributed by atoms with Gasteiger partial charge in [-0.3, -0.25) is 9.78 Å². The smallest absolute Gasteiger partial charge is 0.272 e. The van der Waals surface area contributed by atoms with Crippen molar-refractivity contribution in [2.75, 3.05) is 56.5 Å². The van der Waals surface area contributed by atoms with Crippen LogP contribution in [0.4, 0.5) is 17.1 Å². The molecule has 0 radical (unpaired) electrons. The first-order valence-corrected chi connectivity index (χ1v) is 10.1. The van der Waals surface area contributed by atoms with E-state index in [2.05, 4.69) is 66.1 Å². The van der Waals surface area contributed by atoms with Gasteiger partial charge in [-0.1, -0.05) is 0 Å².